The minimum Gasteiger partial charge on any atom is -0.477 e. The van der Waals surface area contributed by atoms with Gasteiger partial charge in [-0.3, -0.25) is 4.79 Å². The number of aromatic carboxylic acids is 1. The summed E-state index contributed by atoms with van der Waals surface area (Å²) in [7, 11) is -1.66. The van der Waals surface area contributed by atoms with Gasteiger partial charge in [0.05, 0.1) is 19.4 Å². The first-order valence-electron chi connectivity index (χ1n) is 14.4. The summed E-state index contributed by atoms with van der Waals surface area (Å²) < 4.78 is 1.95. The fourth-order valence-electron chi connectivity index (χ4n) is 5.32. The largest absolute Gasteiger partial charge is 0.477 e. The van der Waals surface area contributed by atoms with Crippen molar-refractivity contribution < 1.29 is 14.7 Å². The Labute approximate surface area is 251 Å². The molecule has 2 aliphatic rings. The van der Waals surface area contributed by atoms with Gasteiger partial charge < -0.3 is 26.1 Å². The fourth-order valence-corrected chi connectivity index (χ4v) is 12.0. The molecular weight excluding hydrogens is 589 g/mol. The molecule has 2 fully saturated rings. The van der Waals surface area contributed by atoms with Crippen molar-refractivity contribution in [3.8, 4) is 0 Å². The lowest BCUT2D eigenvalue weighted by Crippen LogP contribution is -2.42. The molecule has 9 nitrogen and oxygen atoms in total. The summed E-state index contributed by atoms with van der Waals surface area (Å²) in [6.07, 6.45) is 4.85. The van der Waals surface area contributed by atoms with Crippen LogP contribution in [0.2, 0.25) is 50.4 Å². The third-order valence-electron chi connectivity index (χ3n) is 8.11. The fraction of sp³-hybridized carbons (Fsp3) is 0.571. The first-order valence-corrected chi connectivity index (χ1v) is 22.9. The molecule has 41 heavy (non-hydrogen) atoms. The molecule has 0 aromatic carbocycles. The van der Waals surface area contributed by atoms with E-state index in [2.05, 4.69) is 51.4 Å². The second-order valence-corrected chi connectivity index (χ2v) is 26.1. The van der Waals surface area contributed by atoms with Crippen LogP contribution in [0.1, 0.15) is 56.7 Å². The smallest absolute Gasteiger partial charge is 0.352 e. The predicted octanol–water partition coefficient (Wildman–Crippen LogP) is 6.98. The number of carboxylic acids is 1. The zero-order valence-electron chi connectivity index (χ0n) is 25.0. The summed E-state index contributed by atoms with van der Waals surface area (Å²) in [5, 5.41) is 13.8. The van der Waals surface area contributed by atoms with E-state index < -0.39 is 22.1 Å². The highest BCUT2D eigenvalue weighted by Crippen LogP contribution is 2.29. The van der Waals surface area contributed by atoms with Crippen LogP contribution >= 0.6 is 22.7 Å². The lowest BCUT2D eigenvalue weighted by Gasteiger charge is -2.33. The van der Waals surface area contributed by atoms with E-state index in [1.807, 2.05) is 19.9 Å². The van der Waals surface area contributed by atoms with E-state index in [-0.39, 0.29) is 11.6 Å². The van der Waals surface area contributed by atoms with Crippen LogP contribution in [0.5, 0.6) is 0 Å². The van der Waals surface area contributed by atoms with Gasteiger partial charge in [-0.2, -0.15) is 0 Å². The number of nitrogens with two attached hydrogens (primary N) is 1. The minimum atomic E-state index is -0.952. The maximum absolute atomic E-state index is 12.3. The molecule has 0 aliphatic carbocycles. The molecule has 4 aromatic heterocycles. The number of carbonyl (C=O) groups excluding carboxylic acids is 1. The third kappa shape index (κ3) is 8.83. The summed E-state index contributed by atoms with van der Waals surface area (Å²) in [4.78, 5) is 37.1. The number of rotatable bonds is 3. The van der Waals surface area contributed by atoms with E-state index in [1.54, 1.807) is 17.4 Å². The number of nitrogens with zero attached hydrogens (tertiary/aromatic N) is 2. The molecule has 6 heterocycles. The van der Waals surface area contributed by atoms with Crippen molar-refractivity contribution in [2.24, 2.45) is 5.73 Å². The van der Waals surface area contributed by atoms with Crippen LogP contribution in [-0.4, -0.2) is 65.2 Å². The number of carbonyl (C=O) groups is 2. The molecule has 6 N–H and O–H groups in total. The van der Waals surface area contributed by atoms with Gasteiger partial charge in [0.15, 0.2) is 0 Å². The highest BCUT2D eigenvalue weighted by molar-refractivity contribution is 7.18. The molecular formula is C28H44N6O3S2Si2. The molecule has 1 amide bonds. The average molecular weight is 633 g/mol. The Morgan fingerprint density at radius 3 is 1.73 bits per heavy atom. The van der Waals surface area contributed by atoms with Crippen molar-refractivity contribution >= 4 is 71.4 Å². The zero-order valence-corrected chi connectivity index (χ0v) is 28.7. The molecule has 4 aromatic rings. The molecule has 0 atom stereocenters. The van der Waals surface area contributed by atoms with Crippen molar-refractivity contribution in [3.05, 3.63) is 33.5 Å². The van der Waals surface area contributed by atoms with Crippen molar-refractivity contribution in [3.63, 3.8) is 0 Å². The number of hydrogen-bond donors (Lipinski definition) is 5. The summed E-state index contributed by atoms with van der Waals surface area (Å²) in [6.45, 7) is 13.7. The first kappa shape index (κ1) is 31.6. The number of H-pyrrole nitrogens is 2. The molecule has 0 bridgehead atoms. The highest BCUT2D eigenvalue weighted by atomic mass is 32.1. The van der Waals surface area contributed by atoms with Crippen LogP contribution in [0.15, 0.2) is 12.1 Å². The first-order chi connectivity index (χ1) is 19.2. The number of fused-ring (bicyclic) bond motifs is 2. The van der Waals surface area contributed by atoms with E-state index in [0.29, 0.717) is 23.4 Å². The van der Waals surface area contributed by atoms with Crippen LogP contribution in [0.4, 0.5) is 0 Å². The number of carboxylic acid groups (broad SMARTS) is 1. The second-order valence-electron chi connectivity index (χ2n) is 13.0. The van der Waals surface area contributed by atoms with Gasteiger partial charge >= 0.3 is 5.97 Å². The standard InChI is InChI=1S/C14H21N3OSSi.C7H6N2O2S.C7H17NSi/c1-9-15-13-12(19-9)8-11(17-13)14(18)16-10-4-6-20(2,3)7-5-10;1-3-8-6-5(12-3)2-4(9-6)7(10)11;1-9(2)5-3-7(8)4-6-9/h8,10,17H,4-7H2,1-3H3,(H,16,18);2,9H,1H3,(H,10,11);7H,3-6,8H2,1-2H3. The molecule has 13 heteroatoms. The van der Waals surface area contributed by atoms with E-state index >= 15 is 0 Å². The van der Waals surface area contributed by atoms with Gasteiger partial charge in [-0.25, -0.2) is 14.8 Å². The molecule has 224 valence electrons. The van der Waals surface area contributed by atoms with E-state index in [1.165, 1.54) is 48.4 Å². The van der Waals surface area contributed by atoms with Crippen molar-refractivity contribution in [1.29, 1.82) is 0 Å². The number of hydrogen-bond acceptors (Lipinski definition) is 7. The minimum absolute atomic E-state index is 0.0132. The number of aromatic nitrogens is 4. The lowest BCUT2D eigenvalue weighted by molar-refractivity contribution is 0.0691. The van der Waals surface area contributed by atoms with Gasteiger partial charge in [-0.1, -0.05) is 50.4 Å². The van der Waals surface area contributed by atoms with Gasteiger partial charge in [0.2, 0.25) is 0 Å². The Balaban J connectivity index is 0.000000156. The summed E-state index contributed by atoms with van der Waals surface area (Å²) in [5.74, 6) is -0.933. The summed E-state index contributed by atoms with van der Waals surface area (Å²) in [5.41, 5.74) is 8.11. The maximum Gasteiger partial charge on any atom is 0.352 e. The Kier molecular flexibility index (Phi) is 9.94. The van der Waals surface area contributed by atoms with Gasteiger partial charge in [-0.15, -0.1) is 22.7 Å². The molecule has 0 unspecified atom stereocenters. The highest BCUT2D eigenvalue weighted by Gasteiger charge is 2.29. The number of aryl methyl sites for hydroxylation is 2. The molecule has 6 rings (SSSR count). The van der Waals surface area contributed by atoms with Gasteiger partial charge in [0, 0.05) is 28.2 Å². The van der Waals surface area contributed by atoms with Crippen LogP contribution < -0.4 is 11.1 Å². The normalized spacial score (nSPS) is 18.8. The topological polar surface area (TPSA) is 150 Å². The van der Waals surface area contributed by atoms with Crippen molar-refractivity contribution in [2.45, 2.75) is 102 Å². The van der Waals surface area contributed by atoms with Gasteiger partial charge in [-0.05, 0) is 51.7 Å². The van der Waals surface area contributed by atoms with E-state index in [9.17, 15) is 9.59 Å². The van der Waals surface area contributed by atoms with Crippen LogP contribution in [0.25, 0.3) is 20.7 Å². The van der Waals surface area contributed by atoms with Crippen LogP contribution in [0.3, 0.4) is 0 Å². The average Bonchev–Trinajstić information content (AvgIpc) is 3.62. The Morgan fingerprint density at radius 1 is 0.854 bits per heavy atom. The Bertz CT molecular complexity index is 1420. The Morgan fingerprint density at radius 2 is 1.29 bits per heavy atom. The molecule has 2 saturated heterocycles. The summed E-state index contributed by atoms with van der Waals surface area (Å²) >= 11 is 3.10. The zero-order chi connectivity index (χ0) is 29.9. The van der Waals surface area contributed by atoms with Crippen LogP contribution in [-0.2, 0) is 0 Å². The maximum atomic E-state index is 12.3. The molecule has 2 aliphatic heterocycles. The van der Waals surface area contributed by atoms with Crippen molar-refractivity contribution in [2.75, 3.05) is 0 Å². The van der Waals surface area contributed by atoms with Gasteiger partial charge in [0.1, 0.15) is 22.7 Å². The van der Waals surface area contributed by atoms with E-state index in [4.69, 9.17) is 10.8 Å². The number of aromatic amines is 2. The molecule has 0 spiro atoms. The van der Waals surface area contributed by atoms with E-state index in [0.717, 1.165) is 37.9 Å². The van der Waals surface area contributed by atoms with Gasteiger partial charge in [0.25, 0.3) is 5.91 Å². The lowest BCUT2D eigenvalue weighted by atomic mass is 10.1. The number of thiazole rings is 2. The number of nitrogens with one attached hydrogen (secondary N) is 3. The quantitative estimate of drug-likeness (QED) is 0.154. The number of amides is 1. The second kappa shape index (κ2) is 12.9. The Hall–Kier alpha value is -2.33. The monoisotopic (exact) mass is 632 g/mol. The van der Waals surface area contributed by atoms with Crippen molar-refractivity contribution in [1.82, 2.24) is 25.3 Å². The predicted molar refractivity (Wildman–Crippen MR) is 176 cm³/mol. The SMILES string of the molecule is C[Si]1(C)CCC(N)CC1.Cc1nc2[nH]c(C(=O)NC3CC[Si](C)(C)CC3)cc2s1.Cc1nc2[nH]c(C(=O)O)cc2s1. The molecule has 0 saturated carbocycles. The van der Waals surface area contributed by atoms with Crippen LogP contribution in [0, 0.1) is 13.8 Å². The summed E-state index contributed by atoms with van der Waals surface area (Å²) in [6, 6.07) is 9.93. The molecule has 0 radical (unpaired) electrons. The third-order valence-corrected chi connectivity index (χ3v) is 16.5.